The molecule has 0 bridgehead atoms. The lowest BCUT2D eigenvalue weighted by Crippen LogP contribution is -2.54. The van der Waals surface area contributed by atoms with Crippen molar-refractivity contribution in [2.75, 3.05) is 5.32 Å². The quantitative estimate of drug-likeness (QED) is 0.164. The molecule has 1 saturated heterocycles. The van der Waals surface area contributed by atoms with Gasteiger partial charge in [-0.2, -0.15) is 4.98 Å². The molecule has 4 amide bonds. The number of hydrogen-bond acceptors (Lipinski definition) is 11. The van der Waals surface area contributed by atoms with E-state index in [9.17, 15) is 19.2 Å². The summed E-state index contributed by atoms with van der Waals surface area (Å²) in [7, 11) is 0. The normalized spacial score (nSPS) is 19.8. The number of amides is 4. The SMILES string of the molecule is Cc1nc(-c2cc(Oc3ccc(C(C)(C)c4ccc(O[C@H]5C[C@@H](Nc6ccc7c(c6)C(=O)N(C6CCC(=O)NC6=O)C7=O)C5)cc4)cc3)ccn2)no1. The second-order valence-electron chi connectivity index (χ2n) is 14.0. The molecule has 0 radical (unpaired) electrons. The molecule has 53 heavy (non-hydrogen) atoms. The molecule has 13 nitrogen and oxygen atoms in total. The van der Waals surface area contributed by atoms with Crippen LogP contribution in [0.15, 0.2) is 89.6 Å². The van der Waals surface area contributed by atoms with E-state index in [0.29, 0.717) is 34.6 Å². The number of piperidine rings is 1. The Balaban J connectivity index is 0.839. The van der Waals surface area contributed by atoms with E-state index in [1.807, 2.05) is 24.3 Å². The first kappa shape index (κ1) is 33.8. The van der Waals surface area contributed by atoms with Crippen molar-refractivity contribution in [2.24, 2.45) is 0 Å². The highest BCUT2D eigenvalue weighted by Crippen LogP contribution is 2.36. The molecule has 5 aromatic rings. The zero-order chi connectivity index (χ0) is 36.9. The fourth-order valence-electron chi connectivity index (χ4n) is 6.96. The van der Waals surface area contributed by atoms with Crippen LogP contribution in [0.5, 0.6) is 17.2 Å². The smallest absolute Gasteiger partial charge is 0.262 e. The van der Waals surface area contributed by atoms with Crippen molar-refractivity contribution >= 4 is 29.3 Å². The topological polar surface area (TPSA) is 166 Å². The summed E-state index contributed by atoms with van der Waals surface area (Å²) in [6.07, 6.45) is 3.42. The zero-order valence-corrected chi connectivity index (χ0v) is 29.3. The fourth-order valence-corrected chi connectivity index (χ4v) is 6.96. The summed E-state index contributed by atoms with van der Waals surface area (Å²) in [5.41, 5.74) is 3.78. The molecule has 4 heterocycles. The molecule has 1 atom stereocenters. The van der Waals surface area contributed by atoms with Crippen molar-refractivity contribution in [2.45, 2.75) is 70.1 Å². The van der Waals surface area contributed by atoms with Crippen LogP contribution in [0.3, 0.4) is 0 Å². The Morgan fingerprint density at radius 3 is 2.23 bits per heavy atom. The number of hydrogen-bond donors (Lipinski definition) is 2. The Hall–Kier alpha value is -6.37. The third-order valence-electron chi connectivity index (χ3n) is 10.1. The maximum Gasteiger partial charge on any atom is 0.262 e. The molecule has 2 aromatic heterocycles. The predicted octanol–water partition coefficient (Wildman–Crippen LogP) is 5.98. The molecule has 0 spiro atoms. The number of rotatable bonds is 10. The minimum absolute atomic E-state index is 0.0346. The van der Waals surface area contributed by atoms with Crippen molar-refractivity contribution in [3.63, 3.8) is 0 Å². The second-order valence-corrected chi connectivity index (χ2v) is 14.0. The van der Waals surface area contributed by atoms with Gasteiger partial charge in [-0.05, 0) is 66.1 Å². The number of aryl methyl sites for hydroxylation is 1. The van der Waals surface area contributed by atoms with E-state index in [4.69, 9.17) is 14.0 Å². The molecule has 1 unspecified atom stereocenters. The van der Waals surface area contributed by atoms with Crippen LogP contribution in [0.25, 0.3) is 11.5 Å². The van der Waals surface area contributed by atoms with Crippen LogP contribution in [-0.2, 0) is 15.0 Å². The van der Waals surface area contributed by atoms with E-state index >= 15 is 0 Å². The van der Waals surface area contributed by atoms with Crippen LogP contribution in [-0.4, -0.2) is 61.8 Å². The van der Waals surface area contributed by atoms with Crippen molar-refractivity contribution < 1.29 is 33.2 Å². The maximum atomic E-state index is 13.2. The minimum Gasteiger partial charge on any atom is -0.490 e. The molecule has 1 saturated carbocycles. The van der Waals surface area contributed by atoms with Crippen molar-refractivity contribution in [3.8, 4) is 28.8 Å². The first-order chi connectivity index (χ1) is 25.5. The van der Waals surface area contributed by atoms with Gasteiger partial charge in [0.15, 0.2) is 0 Å². The number of carbonyl (C=O) groups excluding carboxylic acids is 4. The van der Waals surface area contributed by atoms with E-state index < -0.39 is 29.7 Å². The number of anilines is 1. The zero-order valence-electron chi connectivity index (χ0n) is 29.3. The van der Waals surface area contributed by atoms with Crippen LogP contribution in [0.4, 0.5) is 5.69 Å². The number of fused-ring (bicyclic) bond motifs is 1. The molecular weight excluding hydrogens is 676 g/mol. The number of aromatic nitrogens is 3. The molecule has 1 aliphatic carbocycles. The molecule has 268 valence electrons. The molecular formula is C40H36N6O7. The Bertz CT molecular complexity index is 2240. The number of imide groups is 2. The van der Waals surface area contributed by atoms with E-state index in [1.54, 1.807) is 43.5 Å². The average Bonchev–Trinajstić information content (AvgIpc) is 3.67. The Morgan fingerprint density at radius 2 is 1.55 bits per heavy atom. The van der Waals surface area contributed by atoms with Crippen LogP contribution in [0.2, 0.25) is 0 Å². The molecule has 8 rings (SSSR count). The predicted molar refractivity (Wildman–Crippen MR) is 192 cm³/mol. The van der Waals surface area contributed by atoms with Crippen LogP contribution in [0.1, 0.15) is 77.3 Å². The monoisotopic (exact) mass is 712 g/mol. The lowest BCUT2D eigenvalue weighted by Gasteiger charge is -2.36. The van der Waals surface area contributed by atoms with Gasteiger partial charge in [0.1, 0.15) is 35.1 Å². The maximum absolute atomic E-state index is 13.2. The largest absolute Gasteiger partial charge is 0.490 e. The summed E-state index contributed by atoms with van der Waals surface area (Å²) in [5.74, 6) is 0.904. The number of pyridine rings is 1. The van der Waals surface area contributed by atoms with Gasteiger partial charge in [0.2, 0.25) is 23.5 Å². The second kappa shape index (κ2) is 13.3. The number of ether oxygens (including phenoxy) is 2. The Kier molecular flexibility index (Phi) is 8.48. The Morgan fingerprint density at radius 1 is 0.849 bits per heavy atom. The molecule has 3 aliphatic rings. The lowest BCUT2D eigenvalue weighted by molar-refractivity contribution is -0.136. The van der Waals surface area contributed by atoms with Gasteiger partial charge in [-0.3, -0.25) is 34.4 Å². The summed E-state index contributed by atoms with van der Waals surface area (Å²) in [6.45, 7) is 6.08. The minimum atomic E-state index is -0.989. The van der Waals surface area contributed by atoms with Gasteiger partial charge >= 0.3 is 0 Å². The number of nitrogens with one attached hydrogen (secondary N) is 2. The fraction of sp³-hybridized carbons (Fsp3) is 0.275. The van der Waals surface area contributed by atoms with Crippen LogP contribution < -0.4 is 20.1 Å². The summed E-state index contributed by atoms with van der Waals surface area (Å²) in [6, 6.07) is 23.9. The first-order valence-electron chi connectivity index (χ1n) is 17.5. The van der Waals surface area contributed by atoms with Gasteiger partial charge in [-0.25, -0.2) is 0 Å². The third kappa shape index (κ3) is 6.61. The number of carbonyl (C=O) groups is 4. The summed E-state index contributed by atoms with van der Waals surface area (Å²) in [5, 5.41) is 9.58. The van der Waals surface area contributed by atoms with Crippen LogP contribution >= 0.6 is 0 Å². The van der Waals surface area contributed by atoms with Gasteiger partial charge in [0, 0.05) is 55.6 Å². The molecule has 2 fully saturated rings. The molecule has 13 heteroatoms. The standard InChI is InChI=1S/C40H36N6O7/c1-22-42-36(45-53-22)33-21-29(16-17-41-33)51-27-9-4-23(5-10-27)40(2,3)24-6-11-28(12-7-24)52-30-18-26(19-30)43-25-8-13-31-32(20-25)39(50)46(38(31)49)34-14-15-35(47)44-37(34)48/h4-13,16-17,20-21,26,30,34,43H,14-15,18-19H2,1-3H3,(H,44,47,48)/t26-,30+,34?. The highest BCUT2D eigenvalue weighted by atomic mass is 16.5. The molecule has 2 aliphatic heterocycles. The Labute approximate surface area is 304 Å². The lowest BCUT2D eigenvalue weighted by atomic mass is 9.78. The van der Waals surface area contributed by atoms with Gasteiger partial charge in [0.25, 0.3) is 11.8 Å². The van der Waals surface area contributed by atoms with E-state index in [-0.39, 0.29) is 41.5 Å². The average molecular weight is 713 g/mol. The molecule has 2 N–H and O–H groups in total. The summed E-state index contributed by atoms with van der Waals surface area (Å²) >= 11 is 0. The van der Waals surface area contributed by atoms with Gasteiger partial charge in [-0.15, -0.1) is 0 Å². The van der Waals surface area contributed by atoms with E-state index in [2.05, 4.69) is 63.9 Å². The van der Waals surface area contributed by atoms with E-state index in [1.165, 1.54) is 0 Å². The van der Waals surface area contributed by atoms with Gasteiger partial charge < -0.3 is 19.3 Å². The highest BCUT2D eigenvalue weighted by molar-refractivity contribution is 6.23. The van der Waals surface area contributed by atoms with Crippen molar-refractivity contribution in [1.82, 2.24) is 25.3 Å². The summed E-state index contributed by atoms with van der Waals surface area (Å²) < 4.78 is 17.4. The number of nitrogens with zero attached hydrogens (tertiary/aromatic N) is 4. The van der Waals surface area contributed by atoms with Crippen LogP contribution in [0, 0.1) is 6.92 Å². The third-order valence-corrected chi connectivity index (χ3v) is 10.1. The van der Waals surface area contributed by atoms with Gasteiger partial charge in [0.05, 0.1) is 11.1 Å². The number of benzene rings is 3. The van der Waals surface area contributed by atoms with Gasteiger partial charge in [-0.1, -0.05) is 43.3 Å². The first-order valence-corrected chi connectivity index (χ1v) is 17.5. The van der Waals surface area contributed by atoms with E-state index in [0.717, 1.165) is 34.6 Å². The highest BCUT2D eigenvalue weighted by Gasteiger charge is 2.45. The summed E-state index contributed by atoms with van der Waals surface area (Å²) in [4.78, 5) is 59.6. The van der Waals surface area contributed by atoms with Crippen molar-refractivity contribution in [3.05, 3.63) is 113 Å². The van der Waals surface area contributed by atoms with Crippen molar-refractivity contribution in [1.29, 1.82) is 0 Å². The molecule has 3 aromatic carbocycles.